The number of aryl methyl sites for hydroxylation is 2. The first-order valence-electron chi connectivity index (χ1n) is 19.9. The van der Waals surface area contributed by atoms with E-state index in [2.05, 4.69) is 35.8 Å². The minimum absolute atomic E-state index is 0.0675. The van der Waals surface area contributed by atoms with Crippen molar-refractivity contribution in [2.24, 2.45) is 11.7 Å². The Bertz CT molecular complexity index is 1790. The summed E-state index contributed by atoms with van der Waals surface area (Å²) in [5, 5.41) is 20.2. The standard InChI is InChI=1S/C38H60N9O12P/c1-23(2)18-28(43-38(54)31-12-9-16-47(31)32(49)13-17-58-24(3)4)35(51)42-29(19-27-20-40-22-46(27)15-8-11-26-10-6-7-14-41-26)36(52)44-30(21-48)37(53)45-33(34(39)50)25(5)59-60(55,56)57/h6-7,10,14,20,22-25,28-31,33,48H,8-9,11-13,15-19,21H2,1-5H3,(H2,39,50)(H,42,51)(H,43,54)(H,44,52)(H,45,53)(H2,55,56,57)/t25-,28+,29+,30+,31+,33+/m1/s1. The summed E-state index contributed by atoms with van der Waals surface area (Å²) in [6.45, 7) is 8.49. The Morgan fingerprint density at radius 3 is 2.27 bits per heavy atom. The second kappa shape index (κ2) is 23.9. The molecule has 22 heteroatoms. The second-order valence-electron chi connectivity index (χ2n) is 15.3. The Hall–Kier alpha value is -4.79. The molecular formula is C38H60N9O12P. The number of rotatable bonds is 25. The molecule has 2 aromatic rings. The third-order valence-electron chi connectivity index (χ3n) is 9.58. The maximum atomic E-state index is 14.1. The number of phosphoric acid groups is 1. The van der Waals surface area contributed by atoms with Gasteiger partial charge in [0.15, 0.2) is 0 Å². The van der Waals surface area contributed by atoms with Gasteiger partial charge in [0.2, 0.25) is 35.4 Å². The molecule has 1 aliphatic rings. The van der Waals surface area contributed by atoms with Crippen molar-refractivity contribution in [3.05, 3.63) is 48.3 Å². The fourth-order valence-electron chi connectivity index (χ4n) is 6.64. The lowest BCUT2D eigenvalue weighted by atomic mass is 10.0. The number of nitrogens with two attached hydrogens (primary N) is 1. The molecule has 6 atom stereocenters. The molecule has 60 heavy (non-hydrogen) atoms. The maximum absolute atomic E-state index is 14.1. The highest BCUT2D eigenvalue weighted by atomic mass is 31.2. The van der Waals surface area contributed by atoms with Gasteiger partial charge in [-0.05, 0) is 70.9 Å². The summed E-state index contributed by atoms with van der Waals surface area (Å²) >= 11 is 0. The van der Waals surface area contributed by atoms with E-state index >= 15 is 0 Å². The zero-order chi connectivity index (χ0) is 44.6. The summed E-state index contributed by atoms with van der Waals surface area (Å²) in [5.41, 5.74) is 6.74. The van der Waals surface area contributed by atoms with E-state index < -0.39 is 80.3 Å². The van der Waals surface area contributed by atoms with Crippen LogP contribution in [0.2, 0.25) is 0 Å². The average Bonchev–Trinajstić information content (AvgIpc) is 3.84. The van der Waals surface area contributed by atoms with Crippen molar-refractivity contribution in [3.63, 3.8) is 0 Å². The first kappa shape index (κ1) is 49.6. The molecule has 0 bridgehead atoms. The lowest BCUT2D eigenvalue weighted by Gasteiger charge is -2.29. The number of ether oxygens (including phenoxy) is 1. The summed E-state index contributed by atoms with van der Waals surface area (Å²) in [5.74, 6) is -4.95. The Morgan fingerprint density at radius 1 is 0.967 bits per heavy atom. The zero-order valence-electron chi connectivity index (χ0n) is 34.7. The van der Waals surface area contributed by atoms with Crippen molar-refractivity contribution < 1.29 is 57.5 Å². The molecule has 9 N–H and O–H groups in total. The maximum Gasteiger partial charge on any atom is 0.469 e. The Kier molecular flexibility index (Phi) is 19.7. The largest absolute Gasteiger partial charge is 0.469 e. The fraction of sp³-hybridized carbons (Fsp3) is 0.632. The summed E-state index contributed by atoms with van der Waals surface area (Å²) < 4.78 is 23.2. The van der Waals surface area contributed by atoms with Crippen LogP contribution in [0.4, 0.5) is 0 Å². The monoisotopic (exact) mass is 865 g/mol. The van der Waals surface area contributed by atoms with Gasteiger partial charge in [-0.2, -0.15) is 0 Å². The highest BCUT2D eigenvalue weighted by Crippen LogP contribution is 2.38. The smallest absolute Gasteiger partial charge is 0.394 e. The predicted molar refractivity (Wildman–Crippen MR) is 215 cm³/mol. The SMILES string of the molecule is CC(C)C[C@H](NC(=O)[C@@H]1CCCN1C(=O)CCOC(C)C)C(=O)N[C@@H](Cc1cncn1CCCc1ccccn1)C(=O)N[C@@H](CO)C(=O)N[C@H](C(N)=O)[C@@H](C)OP(=O)(O)O. The second-order valence-corrected chi connectivity index (χ2v) is 16.5. The van der Waals surface area contributed by atoms with Crippen LogP contribution >= 0.6 is 7.82 Å². The number of nitrogens with one attached hydrogen (secondary N) is 4. The lowest BCUT2D eigenvalue weighted by Crippen LogP contribution is -2.61. The third kappa shape index (κ3) is 16.3. The molecular weight excluding hydrogens is 805 g/mol. The minimum Gasteiger partial charge on any atom is -0.394 e. The predicted octanol–water partition coefficient (Wildman–Crippen LogP) is -0.780. The van der Waals surface area contributed by atoms with E-state index in [4.69, 9.17) is 10.5 Å². The van der Waals surface area contributed by atoms with Crippen LogP contribution in [0, 0.1) is 5.92 Å². The lowest BCUT2D eigenvalue weighted by molar-refractivity contribution is -0.140. The number of likely N-dealkylation sites (tertiary alicyclic amines) is 1. The average molecular weight is 866 g/mol. The van der Waals surface area contributed by atoms with E-state index in [0.717, 1.165) is 12.6 Å². The molecule has 0 unspecified atom stereocenters. The normalized spacial score (nSPS) is 16.8. The van der Waals surface area contributed by atoms with E-state index in [0.29, 0.717) is 44.5 Å². The molecule has 3 heterocycles. The summed E-state index contributed by atoms with van der Waals surface area (Å²) in [6.07, 6.45) is 5.42. The number of imidazole rings is 1. The molecule has 1 fully saturated rings. The van der Waals surface area contributed by atoms with Crippen molar-refractivity contribution in [2.45, 2.75) is 129 Å². The van der Waals surface area contributed by atoms with Crippen molar-refractivity contribution in [2.75, 3.05) is 19.8 Å². The molecule has 2 aromatic heterocycles. The van der Waals surface area contributed by atoms with E-state index in [-0.39, 0.29) is 43.8 Å². The number of hydrogen-bond donors (Lipinski definition) is 8. The van der Waals surface area contributed by atoms with Gasteiger partial charge in [0.1, 0.15) is 30.2 Å². The summed E-state index contributed by atoms with van der Waals surface area (Å²) in [4.78, 5) is 109. The van der Waals surface area contributed by atoms with Crippen LogP contribution in [0.5, 0.6) is 0 Å². The molecule has 1 aliphatic heterocycles. The molecule has 0 saturated carbocycles. The Balaban J connectivity index is 1.85. The molecule has 0 aliphatic carbocycles. The molecule has 0 aromatic carbocycles. The van der Waals surface area contributed by atoms with Crippen molar-refractivity contribution in [1.29, 1.82) is 0 Å². The number of phosphoric ester groups is 1. The first-order valence-corrected chi connectivity index (χ1v) is 21.5. The van der Waals surface area contributed by atoms with Gasteiger partial charge >= 0.3 is 7.82 Å². The van der Waals surface area contributed by atoms with Gasteiger partial charge in [0.25, 0.3) is 0 Å². The van der Waals surface area contributed by atoms with Crippen LogP contribution in [0.25, 0.3) is 0 Å². The van der Waals surface area contributed by atoms with E-state index in [1.54, 1.807) is 17.1 Å². The molecule has 0 spiro atoms. The van der Waals surface area contributed by atoms with Crippen molar-refractivity contribution in [1.82, 2.24) is 40.7 Å². The highest BCUT2D eigenvalue weighted by molar-refractivity contribution is 7.46. The van der Waals surface area contributed by atoms with Gasteiger partial charge < -0.3 is 56.1 Å². The van der Waals surface area contributed by atoms with Crippen LogP contribution in [0.15, 0.2) is 36.9 Å². The number of aliphatic hydroxyl groups is 1. The van der Waals surface area contributed by atoms with Gasteiger partial charge in [-0.25, -0.2) is 9.55 Å². The Morgan fingerprint density at radius 2 is 1.65 bits per heavy atom. The zero-order valence-corrected chi connectivity index (χ0v) is 35.6. The van der Waals surface area contributed by atoms with E-state index in [1.807, 2.05) is 45.9 Å². The molecule has 0 radical (unpaired) electrons. The van der Waals surface area contributed by atoms with Gasteiger partial charge in [0.05, 0.1) is 38.2 Å². The molecule has 1 saturated heterocycles. The number of carbonyl (C=O) groups excluding carboxylic acids is 6. The number of carbonyl (C=O) groups is 6. The van der Waals surface area contributed by atoms with Crippen molar-refractivity contribution >= 4 is 43.3 Å². The molecule has 6 amide bonds. The topological polar surface area (TPSA) is 307 Å². The number of aliphatic hydroxyl groups excluding tert-OH is 1. The summed E-state index contributed by atoms with van der Waals surface area (Å²) in [7, 11) is -5.12. The van der Waals surface area contributed by atoms with Crippen LogP contribution in [-0.4, -0.2) is 132 Å². The third-order valence-corrected chi connectivity index (χ3v) is 10.2. The molecule has 334 valence electrons. The van der Waals surface area contributed by atoms with Crippen LogP contribution in [0.3, 0.4) is 0 Å². The first-order chi connectivity index (χ1) is 28.3. The number of primary amides is 1. The molecule has 21 nitrogen and oxygen atoms in total. The highest BCUT2D eigenvalue weighted by Gasteiger charge is 2.38. The fourth-order valence-corrected chi connectivity index (χ4v) is 7.19. The number of aromatic nitrogens is 3. The van der Waals surface area contributed by atoms with Gasteiger partial charge in [0, 0.05) is 43.3 Å². The van der Waals surface area contributed by atoms with Crippen LogP contribution < -0.4 is 27.0 Å². The van der Waals surface area contributed by atoms with Crippen molar-refractivity contribution in [3.8, 4) is 0 Å². The van der Waals surface area contributed by atoms with Crippen LogP contribution in [0.1, 0.15) is 78.1 Å². The van der Waals surface area contributed by atoms with Crippen LogP contribution in [-0.2, 0) is 62.0 Å². The van der Waals surface area contributed by atoms with E-state index in [9.17, 15) is 48.2 Å². The number of pyridine rings is 1. The number of hydrogen-bond acceptors (Lipinski definition) is 12. The summed E-state index contributed by atoms with van der Waals surface area (Å²) in [6, 6.07) is -1.34. The molecule has 3 rings (SSSR count). The minimum atomic E-state index is -5.12. The van der Waals surface area contributed by atoms with Gasteiger partial charge in [-0.1, -0.05) is 19.9 Å². The quantitative estimate of drug-likeness (QED) is 0.0569. The van der Waals surface area contributed by atoms with Gasteiger partial charge in [-0.3, -0.25) is 38.3 Å². The number of nitrogens with zero attached hydrogens (tertiary/aromatic N) is 4. The Labute approximate surface area is 349 Å². The number of amides is 6. The van der Waals surface area contributed by atoms with E-state index in [1.165, 1.54) is 11.1 Å². The van der Waals surface area contributed by atoms with Gasteiger partial charge in [-0.15, -0.1) is 0 Å².